The van der Waals surface area contributed by atoms with Gasteiger partial charge in [-0.3, -0.25) is 14.4 Å². The Morgan fingerprint density at radius 1 is 0.403 bits per heavy atom. The van der Waals surface area contributed by atoms with Gasteiger partial charge in [0, 0.05) is 60.0 Å². The maximum Gasteiger partial charge on any atom is 0.354 e. The molecular formula is C51H48N6O9Sm. The van der Waals surface area contributed by atoms with Crippen molar-refractivity contribution in [3.05, 3.63) is 180 Å². The molecule has 0 aliphatic heterocycles. The van der Waals surface area contributed by atoms with Gasteiger partial charge in [0.1, 0.15) is 34.2 Å². The first kappa shape index (κ1) is 53.8. The Hall–Kier alpha value is -7.51. The van der Waals surface area contributed by atoms with Crippen molar-refractivity contribution in [3.8, 4) is 33.4 Å². The Morgan fingerprint density at radius 2 is 0.612 bits per heavy atom. The Balaban J connectivity index is 0.000000264. The number of hydrogen-bond donors (Lipinski definition) is 6. The van der Waals surface area contributed by atoms with E-state index in [1.54, 1.807) is 57.2 Å². The van der Waals surface area contributed by atoms with Gasteiger partial charge >= 0.3 is 17.9 Å². The molecule has 67 heavy (non-hydrogen) atoms. The fourth-order valence-corrected chi connectivity index (χ4v) is 5.96. The molecule has 16 heteroatoms. The largest absolute Gasteiger partial charge is 0.477 e. The number of nitrogens with zero attached hydrogens (tertiary/aromatic N) is 3. The van der Waals surface area contributed by atoms with Crippen LogP contribution in [-0.4, -0.2) is 85.5 Å². The molecular weight excluding hydrogens is 991 g/mol. The summed E-state index contributed by atoms with van der Waals surface area (Å²) in [4.78, 5) is 81.1. The minimum absolute atomic E-state index is 0. The van der Waals surface area contributed by atoms with Crippen molar-refractivity contribution < 1.29 is 84.5 Å². The molecule has 0 unspecified atom stereocenters. The number of carboxylic acid groups (broad SMARTS) is 3. The van der Waals surface area contributed by atoms with E-state index in [0.29, 0.717) is 36.3 Å². The van der Waals surface area contributed by atoms with E-state index in [4.69, 9.17) is 15.3 Å². The number of benzene rings is 3. The van der Waals surface area contributed by atoms with Gasteiger partial charge in [0.2, 0.25) is 0 Å². The number of carbonyl (C=O) groups excluding carboxylic acids is 3. The summed E-state index contributed by atoms with van der Waals surface area (Å²) in [5, 5.41) is 35.4. The summed E-state index contributed by atoms with van der Waals surface area (Å²) < 4.78 is 0. The summed E-state index contributed by atoms with van der Waals surface area (Å²) in [5.74, 6) is -4.70. The number of rotatable bonds is 15. The molecule has 6 rings (SSSR count). The molecule has 342 valence electrons. The first-order valence-electron chi connectivity index (χ1n) is 20.4. The van der Waals surface area contributed by atoms with E-state index in [1.165, 1.54) is 18.2 Å². The molecule has 6 N–H and O–H groups in total. The molecule has 3 heterocycles. The van der Waals surface area contributed by atoms with Gasteiger partial charge < -0.3 is 31.3 Å². The number of nitrogens with one attached hydrogen (secondary N) is 3. The number of amides is 3. The zero-order chi connectivity index (χ0) is 48.3. The van der Waals surface area contributed by atoms with E-state index < -0.39 is 35.6 Å². The predicted octanol–water partition coefficient (Wildman–Crippen LogP) is 8.52. The second kappa shape index (κ2) is 26.4. The van der Waals surface area contributed by atoms with Crippen molar-refractivity contribution in [1.82, 2.24) is 30.9 Å². The van der Waals surface area contributed by atoms with Crippen LogP contribution in [0.5, 0.6) is 0 Å². The summed E-state index contributed by atoms with van der Waals surface area (Å²) in [6.45, 7) is 17.8. The van der Waals surface area contributed by atoms with Gasteiger partial charge in [0.05, 0.1) is 0 Å². The Labute approximate surface area is 419 Å². The Bertz CT molecular complexity index is 2470. The molecule has 0 spiro atoms. The summed E-state index contributed by atoms with van der Waals surface area (Å²) in [5.41, 5.74) is 6.96. The van der Waals surface area contributed by atoms with E-state index in [9.17, 15) is 28.8 Å². The number of hydrogen-bond acceptors (Lipinski definition) is 9. The molecule has 0 saturated heterocycles. The van der Waals surface area contributed by atoms with E-state index in [2.05, 4.69) is 50.6 Å². The van der Waals surface area contributed by atoms with E-state index >= 15 is 0 Å². The van der Waals surface area contributed by atoms with Gasteiger partial charge in [0.15, 0.2) is 0 Å². The van der Waals surface area contributed by atoms with Gasteiger partial charge in [-0.05, 0) is 107 Å². The van der Waals surface area contributed by atoms with E-state index in [-0.39, 0.29) is 74.6 Å². The fourth-order valence-electron chi connectivity index (χ4n) is 5.96. The first-order valence-corrected chi connectivity index (χ1v) is 20.4. The maximum atomic E-state index is 11.9. The SMILES string of the molecule is C=Cc1ccc(-c2cc(C(=O)O)nc(C(=O)NCC)c2)cc1.C=Cc1ccc(-c2cc(C(=O)O)nc(C(=O)NCC)c2)cc1.C=Cc1ccc(-c2cc(C(=O)O)nc(C(=O)NCC)c2)cc1.[Sm]. The standard InChI is InChI=1S/3C17H16N2O3.Sm/c3*1-3-11-5-7-12(8-6-11)13-9-14(16(20)18-4-2)19-15(10-13)17(21)22;/h3*3,5-10H,1,4H2,2H3,(H,18,20)(H,21,22);. The minimum atomic E-state index is -1.17. The molecule has 15 nitrogen and oxygen atoms in total. The second-order valence-electron chi connectivity index (χ2n) is 13.9. The fraction of sp³-hybridized carbons (Fsp3) is 0.118. The maximum absolute atomic E-state index is 11.9. The molecule has 3 aromatic carbocycles. The van der Waals surface area contributed by atoms with Crippen LogP contribution in [0, 0.1) is 40.4 Å². The molecule has 3 aromatic heterocycles. The van der Waals surface area contributed by atoms with Crippen LogP contribution in [0.1, 0.15) is 100 Å². The number of aromatic nitrogens is 3. The Morgan fingerprint density at radius 3 is 0.791 bits per heavy atom. The summed E-state index contributed by atoms with van der Waals surface area (Å²) in [6, 6.07) is 31.4. The van der Waals surface area contributed by atoms with Crippen LogP contribution in [0.25, 0.3) is 51.6 Å². The van der Waals surface area contributed by atoms with Crippen molar-refractivity contribution in [3.63, 3.8) is 0 Å². The summed E-state index contributed by atoms with van der Waals surface area (Å²) >= 11 is 0. The summed E-state index contributed by atoms with van der Waals surface area (Å²) in [6.07, 6.45) is 5.16. The third-order valence-electron chi connectivity index (χ3n) is 9.28. The van der Waals surface area contributed by atoms with Crippen LogP contribution in [0.4, 0.5) is 0 Å². The number of pyridine rings is 3. The molecule has 3 amide bonds. The van der Waals surface area contributed by atoms with Crippen molar-refractivity contribution in [2.24, 2.45) is 0 Å². The number of carboxylic acids is 3. The average molecular weight is 1040 g/mol. The van der Waals surface area contributed by atoms with E-state index in [0.717, 1.165) is 33.4 Å². The van der Waals surface area contributed by atoms with Gasteiger partial charge in [-0.25, -0.2) is 29.3 Å². The zero-order valence-electron chi connectivity index (χ0n) is 36.9. The minimum Gasteiger partial charge on any atom is -0.477 e. The quantitative estimate of drug-likeness (QED) is 0.0568. The third kappa shape index (κ3) is 15.6. The van der Waals surface area contributed by atoms with Gasteiger partial charge in [-0.15, -0.1) is 0 Å². The first-order chi connectivity index (χ1) is 31.6. The van der Waals surface area contributed by atoms with Gasteiger partial charge in [0.25, 0.3) is 17.7 Å². The molecule has 0 atom stereocenters. The molecule has 0 bridgehead atoms. The molecule has 0 radical (unpaired) electrons. The van der Waals surface area contributed by atoms with Gasteiger partial charge in [-0.1, -0.05) is 111 Å². The van der Waals surface area contributed by atoms with Crippen molar-refractivity contribution in [2.75, 3.05) is 19.6 Å². The van der Waals surface area contributed by atoms with Crippen molar-refractivity contribution in [1.29, 1.82) is 0 Å². The van der Waals surface area contributed by atoms with Gasteiger partial charge in [-0.2, -0.15) is 0 Å². The predicted molar refractivity (Wildman–Crippen MR) is 254 cm³/mol. The summed E-state index contributed by atoms with van der Waals surface area (Å²) in [7, 11) is 0. The van der Waals surface area contributed by atoms with E-state index in [1.807, 2.05) is 72.8 Å². The van der Waals surface area contributed by atoms with Crippen LogP contribution >= 0.6 is 0 Å². The molecule has 0 saturated carbocycles. The number of carbonyl (C=O) groups is 6. The average Bonchev–Trinajstić information content (AvgIpc) is 3.34. The number of aromatic carboxylic acids is 3. The second-order valence-corrected chi connectivity index (χ2v) is 13.9. The van der Waals surface area contributed by atoms with Crippen molar-refractivity contribution in [2.45, 2.75) is 20.8 Å². The van der Waals surface area contributed by atoms with Crippen LogP contribution < -0.4 is 16.0 Å². The molecule has 0 aliphatic carbocycles. The Kier molecular flexibility index (Phi) is 21.2. The topological polar surface area (TPSA) is 238 Å². The molecule has 0 fully saturated rings. The van der Waals surface area contributed by atoms with Crippen LogP contribution in [0.15, 0.2) is 129 Å². The molecule has 6 aromatic rings. The van der Waals surface area contributed by atoms with Crippen LogP contribution in [-0.2, 0) is 0 Å². The molecule has 0 aliphatic rings. The monoisotopic (exact) mass is 1040 g/mol. The van der Waals surface area contributed by atoms with Crippen LogP contribution in [0.2, 0.25) is 0 Å². The normalized spacial score (nSPS) is 9.90. The third-order valence-corrected chi connectivity index (χ3v) is 9.28. The smallest absolute Gasteiger partial charge is 0.354 e. The van der Waals surface area contributed by atoms with Crippen LogP contribution in [0.3, 0.4) is 0 Å². The zero-order valence-corrected chi connectivity index (χ0v) is 39.5. The van der Waals surface area contributed by atoms with Crippen molar-refractivity contribution >= 4 is 53.9 Å².